The zero-order valence-electron chi connectivity index (χ0n) is 7.42. The maximum Gasteiger partial charge on any atom is 0.337 e. The second-order valence-electron chi connectivity index (χ2n) is 2.48. The lowest BCUT2D eigenvalue weighted by Crippen LogP contribution is -2.14. The fourth-order valence-corrected chi connectivity index (χ4v) is 1.03. The minimum Gasteiger partial charge on any atom is -0.423 e. The molecule has 1 rings (SSSR count). The molecule has 0 amide bonds. The predicted molar refractivity (Wildman–Crippen MR) is 48.9 cm³/mol. The van der Waals surface area contributed by atoms with Gasteiger partial charge in [0, 0.05) is 7.11 Å². The summed E-state index contributed by atoms with van der Waals surface area (Å²) in [5.74, 6) is -0.947. The number of esters is 1. The standard InChI is InChI=1S/C9H8ClFO3/c1-13-5-9(12)14-8-3-2-6(11)4-7(8)10/h2-4H,5H2,1H3. The predicted octanol–water partition coefficient (Wildman–Crippen LogP) is 2.03. The van der Waals surface area contributed by atoms with Crippen LogP contribution in [-0.2, 0) is 9.53 Å². The summed E-state index contributed by atoms with van der Waals surface area (Å²) in [6.45, 7) is -0.173. The molecule has 0 aromatic heterocycles. The molecule has 1 aromatic rings. The Morgan fingerprint density at radius 3 is 2.86 bits per heavy atom. The average Bonchev–Trinajstić information content (AvgIpc) is 2.10. The van der Waals surface area contributed by atoms with E-state index in [4.69, 9.17) is 16.3 Å². The van der Waals surface area contributed by atoms with Crippen molar-refractivity contribution in [3.8, 4) is 5.75 Å². The third-order valence-corrected chi connectivity index (χ3v) is 1.68. The van der Waals surface area contributed by atoms with Crippen molar-refractivity contribution >= 4 is 17.6 Å². The van der Waals surface area contributed by atoms with Crippen molar-refractivity contribution in [3.63, 3.8) is 0 Å². The summed E-state index contributed by atoms with van der Waals surface area (Å²) < 4.78 is 21.9. The van der Waals surface area contributed by atoms with Crippen molar-refractivity contribution in [2.45, 2.75) is 0 Å². The van der Waals surface area contributed by atoms with Crippen LogP contribution >= 0.6 is 11.6 Å². The lowest BCUT2D eigenvalue weighted by molar-refractivity contribution is -0.138. The lowest BCUT2D eigenvalue weighted by Gasteiger charge is -2.04. The van der Waals surface area contributed by atoms with E-state index in [1.54, 1.807) is 0 Å². The van der Waals surface area contributed by atoms with Crippen molar-refractivity contribution in [2.24, 2.45) is 0 Å². The van der Waals surface area contributed by atoms with Crippen molar-refractivity contribution in [2.75, 3.05) is 13.7 Å². The monoisotopic (exact) mass is 218 g/mol. The first kappa shape index (κ1) is 10.9. The van der Waals surface area contributed by atoms with E-state index < -0.39 is 11.8 Å². The SMILES string of the molecule is COCC(=O)Oc1ccc(F)cc1Cl. The first-order valence-electron chi connectivity index (χ1n) is 3.78. The van der Waals surface area contributed by atoms with Crippen LogP contribution in [0.1, 0.15) is 0 Å². The van der Waals surface area contributed by atoms with E-state index in [2.05, 4.69) is 4.74 Å². The summed E-state index contributed by atoms with van der Waals surface area (Å²) >= 11 is 5.62. The molecule has 0 aliphatic carbocycles. The highest BCUT2D eigenvalue weighted by Crippen LogP contribution is 2.24. The smallest absolute Gasteiger partial charge is 0.337 e. The van der Waals surface area contributed by atoms with Gasteiger partial charge >= 0.3 is 5.97 Å². The molecule has 0 N–H and O–H groups in total. The van der Waals surface area contributed by atoms with Gasteiger partial charge in [-0.05, 0) is 18.2 Å². The molecule has 1 aromatic carbocycles. The zero-order valence-corrected chi connectivity index (χ0v) is 8.18. The molecule has 0 bridgehead atoms. The van der Waals surface area contributed by atoms with Gasteiger partial charge in [-0.1, -0.05) is 11.6 Å². The van der Waals surface area contributed by atoms with E-state index in [0.29, 0.717) is 0 Å². The van der Waals surface area contributed by atoms with Crippen LogP contribution in [0, 0.1) is 5.82 Å². The molecular formula is C9H8ClFO3. The second-order valence-corrected chi connectivity index (χ2v) is 2.89. The highest BCUT2D eigenvalue weighted by Gasteiger charge is 2.08. The fourth-order valence-electron chi connectivity index (χ4n) is 0.828. The Bertz CT molecular complexity index is 341. The summed E-state index contributed by atoms with van der Waals surface area (Å²) in [4.78, 5) is 10.9. The van der Waals surface area contributed by atoms with Gasteiger partial charge in [-0.15, -0.1) is 0 Å². The van der Waals surface area contributed by atoms with Gasteiger partial charge in [0.2, 0.25) is 0 Å². The van der Waals surface area contributed by atoms with Gasteiger partial charge in [0.25, 0.3) is 0 Å². The van der Waals surface area contributed by atoms with E-state index in [-0.39, 0.29) is 17.4 Å². The van der Waals surface area contributed by atoms with Crippen molar-refractivity contribution in [1.82, 2.24) is 0 Å². The quantitative estimate of drug-likeness (QED) is 0.575. The van der Waals surface area contributed by atoms with Crippen LogP contribution in [0.3, 0.4) is 0 Å². The second kappa shape index (κ2) is 4.93. The number of halogens is 2. The van der Waals surface area contributed by atoms with E-state index in [9.17, 15) is 9.18 Å². The van der Waals surface area contributed by atoms with Gasteiger partial charge in [-0.25, -0.2) is 9.18 Å². The van der Waals surface area contributed by atoms with Gasteiger partial charge in [-0.2, -0.15) is 0 Å². The minimum atomic E-state index is -0.582. The van der Waals surface area contributed by atoms with Crippen molar-refractivity contribution in [3.05, 3.63) is 29.0 Å². The summed E-state index contributed by atoms with van der Waals surface area (Å²) in [6, 6.07) is 3.50. The van der Waals surface area contributed by atoms with Gasteiger partial charge < -0.3 is 9.47 Å². The number of carbonyl (C=O) groups excluding carboxylic acids is 1. The summed E-state index contributed by atoms with van der Waals surface area (Å²) in [7, 11) is 1.37. The molecule has 76 valence electrons. The Morgan fingerprint density at radius 1 is 1.57 bits per heavy atom. The first-order valence-corrected chi connectivity index (χ1v) is 4.16. The summed E-state index contributed by atoms with van der Waals surface area (Å²) in [5, 5.41) is 0.0504. The van der Waals surface area contributed by atoms with Crippen LogP contribution in [0.25, 0.3) is 0 Å². The van der Waals surface area contributed by atoms with Crippen LogP contribution in [0.15, 0.2) is 18.2 Å². The van der Waals surface area contributed by atoms with Crippen molar-refractivity contribution in [1.29, 1.82) is 0 Å². The number of rotatable bonds is 3. The number of carbonyl (C=O) groups is 1. The first-order chi connectivity index (χ1) is 6.63. The molecule has 0 saturated heterocycles. The molecule has 0 spiro atoms. The minimum absolute atomic E-state index is 0.0504. The largest absolute Gasteiger partial charge is 0.423 e. The van der Waals surface area contributed by atoms with Gasteiger partial charge in [-0.3, -0.25) is 0 Å². The molecule has 0 atom stereocenters. The Morgan fingerprint density at radius 2 is 2.29 bits per heavy atom. The fraction of sp³-hybridized carbons (Fsp3) is 0.222. The van der Waals surface area contributed by atoms with E-state index in [1.807, 2.05) is 0 Å². The molecule has 14 heavy (non-hydrogen) atoms. The lowest BCUT2D eigenvalue weighted by atomic mass is 10.3. The Kier molecular flexibility index (Phi) is 3.85. The summed E-state index contributed by atoms with van der Waals surface area (Å²) in [5.41, 5.74) is 0. The van der Waals surface area contributed by atoms with Gasteiger partial charge in [0.1, 0.15) is 18.2 Å². The van der Waals surface area contributed by atoms with E-state index in [1.165, 1.54) is 13.2 Å². The number of hydrogen-bond donors (Lipinski definition) is 0. The van der Waals surface area contributed by atoms with Gasteiger partial charge in [0.15, 0.2) is 0 Å². The maximum atomic E-state index is 12.6. The Labute approximate surface area is 85.4 Å². The van der Waals surface area contributed by atoms with Crippen LogP contribution < -0.4 is 4.74 Å². The van der Waals surface area contributed by atoms with E-state index >= 15 is 0 Å². The maximum absolute atomic E-state index is 12.6. The summed E-state index contributed by atoms with van der Waals surface area (Å²) in [6.07, 6.45) is 0. The average molecular weight is 219 g/mol. The molecule has 3 nitrogen and oxygen atoms in total. The van der Waals surface area contributed by atoms with Crippen LogP contribution in [0.4, 0.5) is 4.39 Å². The van der Waals surface area contributed by atoms with Crippen LogP contribution in [0.5, 0.6) is 5.75 Å². The van der Waals surface area contributed by atoms with Crippen molar-refractivity contribution < 1.29 is 18.7 Å². The highest BCUT2D eigenvalue weighted by molar-refractivity contribution is 6.32. The molecule has 0 aliphatic rings. The molecule has 0 fully saturated rings. The third kappa shape index (κ3) is 2.97. The normalized spacial score (nSPS) is 9.93. The number of benzene rings is 1. The zero-order chi connectivity index (χ0) is 10.6. The molecule has 0 saturated carbocycles. The Hall–Kier alpha value is -1.13. The third-order valence-electron chi connectivity index (χ3n) is 1.38. The van der Waals surface area contributed by atoms with Crippen LogP contribution in [0.2, 0.25) is 5.02 Å². The topological polar surface area (TPSA) is 35.5 Å². The molecule has 0 heterocycles. The molecule has 0 radical (unpaired) electrons. The molecule has 0 unspecified atom stereocenters. The van der Waals surface area contributed by atoms with Crippen LogP contribution in [-0.4, -0.2) is 19.7 Å². The van der Waals surface area contributed by atoms with Gasteiger partial charge in [0.05, 0.1) is 5.02 Å². The molecule has 0 aliphatic heterocycles. The molecular weight excluding hydrogens is 211 g/mol. The Balaban J connectivity index is 2.72. The highest BCUT2D eigenvalue weighted by atomic mass is 35.5. The number of methoxy groups -OCH3 is 1. The number of hydrogen-bond acceptors (Lipinski definition) is 3. The number of ether oxygens (including phenoxy) is 2. The van der Waals surface area contributed by atoms with E-state index in [0.717, 1.165) is 12.1 Å². The molecule has 5 heteroatoms.